The molecule has 0 aliphatic carbocycles. The van der Waals surface area contributed by atoms with E-state index in [9.17, 15) is 0 Å². The smallest absolute Gasteiger partial charge is 0.00962 e. The molecule has 27 aromatic carbocycles. The lowest BCUT2D eigenvalue weighted by molar-refractivity contribution is 1.43. The van der Waals surface area contributed by atoms with Crippen LogP contribution in [0.25, 0.3) is 194 Å². The first-order chi connectivity index (χ1) is 69.8. The third-order valence-electron chi connectivity index (χ3n) is 28.9. The molecule has 0 nitrogen and oxygen atoms in total. The first-order valence-electron chi connectivity index (χ1n) is 50.8. The van der Waals surface area contributed by atoms with Crippen LogP contribution in [-0.4, -0.2) is 0 Å². The van der Waals surface area contributed by atoms with Crippen molar-refractivity contribution in [1.82, 2.24) is 0 Å². The number of fused-ring (bicyclic) bond motifs is 29. The van der Waals surface area contributed by atoms with E-state index in [1.54, 1.807) is 0 Å². The van der Waals surface area contributed by atoms with Crippen LogP contribution in [0.4, 0.5) is 0 Å². The second kappa shape index (κ2) is 42.2. The summed E-state index contributed by atoms with van der Waals surface area (Å²) >= 11 is 0. The second-order valence-corrected chi connectivity index (χ2v) is 40.3. The highest BCUT2D eigenvalue weighted by molar-refractivity contribution is 6.27. The molecule has 0 spiro atoms. The van der Waals surface area contributed by atoms with Crippen LogP contribution >= 0.6 is 0 Å². The maximum absolute atomic E-state index is 2.31. The molecule has 0 heterocycles. The minimum Gasteiger partial charge on any atom is -0.0616 e. The first kappa shape index (κ1) is 96.5. The Kier molecular flexibility index (Phi) is 28.3. The Hall–Kier alpha value is -16.4. The Morgan fingerprint density at radius 2 is 0.257 bits per heavy atom. The largest absolute Gasteiger partial charge is 0.0616 e. The highest BCUT2D eigenvalue weighted by Crippen LogP contribution is 2.41. The monoisotopic (exact) mass is 1850 g/mol. The Balaban J connectivity index is 0.000000103. The summed E-state index contributed by atoms with van der Waals surface area (Å²) in [5, 5.41) is 48.7. The molecule has 0 radical (unpaired) electrons. The van der Waals surface area contributed by atoms with Crippen LogP contribution in [0.1, 0.15) is 100 Å². The summed E-state index contributed by atoms with van der Waals surface area (Å²) in [6, 6.07) is 159. The molecule has 0 aliphatic rings. The van der Waals surface area contributed by atoms with Gasteiger partial charge in [0.25, 0.3) is 0 Å². The van der Waals surface area contributed by atoms with E-state index >= 15 is 0 Å². The maximum atomic E-state index is 2.31. The van der Waals surface area contributed by atoms with E-state index in [4.69, 9.17) is 0 Å². The summed E-state index contributed by atoms with van der Waals surface area (Å²) in [5.41, 5.74) is 24.0. The van der Waals surface area contributed by atoms with Crippen molar-refractivity contribution in [3.63, 3.8) is 0 Å². The molecule has 0 saturated heterocycles. The van der Waals surface area contributed by atoms with Gasteiger partial charge in [0.05, 0.1) is 0 Å². The molecule has 0 saturated carbocycles. The van der Waals surface area contributed by atoms with Gasteiger partial charge in [-0.05, 0) is 352 Å². The van der Waals surface area contributed by atoms with Gasteiger partial charge in [-0.1, -0.05) is 504 Å². The van der Waals surface area contributed by atoms with E-state index in [2.05, 4.69) is 561 Å². The minimum atomic E-state index is 1.31. The van der Waals surface area contributed by atoms with Gasteiger partial charge in [0.2, 0.25) is 0 Å². The van der Waals surface area contributed by atoms with Gasteiger partial charge in [0.15, 0.2) is 0 Å². The van der Waals surface area contributed by atoms with Crippen molar-refractivity contribution in [2.75, 3.05) is 0 Å². The van der Waals surface area contributed by atoms with Crippen LogP contribution in [0.5, 0.6) is 0 Å². The summed E-state index contributed by atoms with van der Waals surface area (Å²) in [6.07, 6.45) is 0. The van der Waals surface area contributed by atoms with Gasteiger partial charge in [-0.15, -0.1) is 0 Å². The van der Waals surface area contributed by atoms with Crippen LogP contribution in [0.15, 0.2) is 437 Å². The summed E-state index contributed by atoms with van der Waals surface area (Å²) < 4.78 is 0. The molecule has 27 rings (SSSR count). The van der Waals surface area contributed by atoms with Crippen LogP contribution in [0, 0.1) is 125 Å². The summed E-state index contributed by atoms with van der Waals surface area (Å²) in [6.45, 7) is 38.8. The van der Waals surface area contributed by atoms with Crippen LogP contribution < -0.4 is 0 Å². The van der Waals surface area contributed by atoms with Crippen molar-refractivity contribution in [2.45, 2.75) is 125 Å². The second-order valence-electron chi connectivity index (χ2n) is 40.3. The number of benzene rings is 27. The maximum Gasteiger partial charge on any atom is -0.00962 e. The fourth-order valence-corrected chi connectivity index (χ4v) is 21.4. The van der Waals surface area contributed by atoms with Gasteiger partial charge in [-0.2, -0.15) is 0 Å². The first-order valence-corrected chi connectivity index (χ1v) is 50.8. The van der Waals surface area contributed by atoms with E-state index in [-0.39, 0.29) is 0 Å². The number of aryl methyl sites for hydroxylation is 18. The van der Waals surface area contributed by atoms with E-state index in [0.29, 0.717) is 0 Å². The molecule has 0 unspecified atom stereocenters. The third-order valence-corrected chi connectivity index (χ3v) is 28.9. The van der Waals surface area contributed by atoms with Crippen LogP contribution in [0.2, 0.25) is 0 Å². The molecule has 0 fully saturated rings. The molecule has 0 N–H and O–H groups in total. The zero-order valence-electron chi connectivity index (χ0n) is 86.6. The topological polar surface area (TPSA) is 0 Å². The van der Waals surface area contributed by atoms with Gasteiger partial charge >= 0.3 is 0 Å². The number of rotatable bonds is 0. The molecule has 0 bridgehead atoms. The normalized spacial score (nSPS) is 11.1. The standard InChI is InChI=1S/2C20H16.5C16H14.2C12H12/c1-13-7-9-17-18-10-8-14(2)12-20(18)16-6-4-3-5-15(16)19(17)11-13;1-13-7-9-17-15-5-3-4-6-16(15)18-10-8-14(2)12-20(18)19(17)11-13;1-11-3-7-15-13(9-11)5-6-14-10-12(2)4-8-16(14)15;1-11-3-5-13-7-8-14-6-4-12(2)10-16(14)15(13)9-11;1-11-5-3-7-15-13(11)9-10-14-12(2)6-4-8-16(14)15;1-11-7-8-15-13(9-11)10-12(2)14-5-3-4-6-16(14)15;1-11-7-8-13-10-12(2)14-5-3-4-6-15(14)16(13)9-11;1-9-6-7-11-5-3-4-10(2)12(11)8-9;1-9-7-10(2)12-6-4-3-5-11(12)8-9/h2*3-12H,1-2H3;5*3-10H,1-2H3;2*3-8H,1-2H3. The zero-order chi connectivity index (χ0) is 100. The molecule has 0 atom stereocenters. The van der Waals surface area contributed by atoms with Crippen LogP contribution in [-0.2, 0) is 0 Å². The molecule has 27 aromatic rings. The molecule has 702 valence electrons. The molecule has 0 aromatic heterocycles. The molecule has 0 amide bonds. The number of hydrogen-bond acceptors (Lipinski definition) is 0. The van der Waals surface area contributed by atoms with Gasteiger partial charge in [-0.3, -0.25) is 0 Å². The van der Waals surface area contributed by atoms with Crippen LogP contribution in [0.3, 0.4) is 0 Å². The fraction of sp³-hybridized carbons (Fsp3) is 0.125. The van der Waals surface area contributed by atoms with Crippen molar-refractivity contribution in [2.24, 2.45) is 0 Å². The SMILES string of the molecule is Cc1cc(C)c2ccccc2c1.Cc1ccc2c(c1)cc(C)c1ccccc12.Cc1ccc2c(ccc3cc(C)ccc32)c1.Cc1ccc2c3ccc(C)cc3c3ccccc3c2c1.Cc1ccc2c3ccccc3c3ccc(C)cc3c2c1.Cc1ccc2cc(C)c3ccccc3c2c1.Cc1ccc2ccc3ccc(C)cc3c2c1.Cc1ccc2cccc(C)c2c1.Cc1cccc2c1ccc1c(C)cccc12. The molecular formula is C144H126. The lowest BCUT2D eigenvalue weighted by atomic mass is 9.92. The fourth-order valence-electron chi connectivity index (χ4n) is 21.4. The Morgan fingerprint density at radius 3 is 0.660 bits per heavy atom. The van der Waals surface area contributed by atoms with Gasteiger partial charge in [-0.25, -0.2) is 0 Å². The average Bonchev–Trinajstić information content (AvgIpc) is 0.742. The van der Waals surface area contributed by atoms with Gasteiger partial charge in [0, 0.05) is 0 Å². The quantitative estimate of drug-likeness (QED) is 0.133. The third kappa shape index (κ3) is 20.8. The van der Waals surface area contributed by atoms with E-state index in [0.717, 1.165) is 0 Å². The molecule has 0 heteroatoms. The highest BCUT2D eigenvalue weighted by atomic mass is 14.2. The molecule has 0 aliphatic heterocycles. The van der Waals surface area contributed by atoms with Crippen molar-refractivity contribution in [3.8, 4) is 0 Å². The predicted octanol–water partition coefficient (Wildman–Crippen LogP) is 41.5. The van der Waals surface area contributed by atoms with E-state index in [1.165, 1.54) is 294 Å². The van der Waals surface area contributed by atoms with Crippen molar-refractivity contribution in [1.29, 1.82) is 0 Å². The van der Waals surface area contributed by atoms with E-state index < -0.39 is 0 Å². The zero-order valence-corrected chi connectivity index (χ0v) is 86.6. The lowest BCUT2D eigenvalue weighted by Gasteiger charge is -2.11. The minimum absolute atomic E-state index is 1.31. The van der Waals surface area contributed by atoms with Crippen molar-refractivity contribution >= 4 is 194 Å². The van der Waals surface area contributed by atoms with Gasteiger partial charge < -0.3 is 0 Å². The summed E-state index contributed by atoms with van der Waals surface area (Å²) in [4.78, 5) is 0. The highest BCUT2D eigenvalue weighted by Gasteiger charge is 2.14. The summed E-state index contributed by atoms with van der Waals surface area (Å²) in [7, 11) is 0. The lowest BCUT2D eigenvalue weighted by Crippen LogP contribution is -1.85. The Bertz CT molecular complexity index is 9200. The Labute approximate surface area is 849 Å². The molecule has 144 heavy (non-hydrogen) atoms. The molecular weight excluding hydrogens is 1730 g/mol. The average molecular weight is 1860 g/mol. The summed E-state index contributed by atoms with van der Waals surface area (Å²) in [5.74, 6) is 0. The van der Waals surface area contributed by atoms with E-state index in [1.807, 2.05) is 0 Å². The Morgan fingerprint density at radius 1 is 0.0764 bits per heavy atom. The van der Waals surface area contributed by atoms with Gasteiger partial charge in [0.1, 0.15) is 0 Å². The predicted molar refractivity (Wildman–Crippen MR) is 638 cm³/mol. The van der Waals surface area contributed by atoms with Crippen molar-refractivity contribution in [3.05, 3.63) is 537 Å². The van der Waals surface area contributed by atoms with Crippen molar-refractivity contribution < 1.29 is 0 Å². The number of hydrogen-bond donors (Lipinski definition) is 0.